The number of morpholine rings is 1. The van der Waals surface area contributed by atoms with Crippen LogP contribution in [0.1, 0.15) is 4.88 Å². The summed E-state index contributed by atoms with van der Waals surface area (Å²) >= 11 is 1.62. The Kier molecular flexibility index (Phi) is 6.01. The van der Waals surface area contributed by atoms with Crippen LogP contribution in [0.15, 0.2) is 23.6 Å². The number of hydrogen-bond donors (Lipinski definition) is 0. The van der Waals surface area contributed by atoms with Crippen LogP contribution < -0.4 is 0 Å². The number of piperazine rings is 1. The first-order chi connectivity index (χ1) is 11.7. The molecule has 130 valence electrons. The standard InChI is InChI=1S/C17H23N3O3S/c21-16(4-3-15-2-1-13-24-15)19-7-5-18(6-8-19)14-17(22)20-9-11-23-12-10-20/h1-4,13H,5-12,14H2. The summed E-state index contributed by atoms with van der Waals surface area (Å²) in [5, 5.41) is 1.99. The van der Waals surface area contributed by atoms with E-state index < -0.39 is 0 Å². The molecule has 3 heterocycles. The van der Waals surface area contributed by atoms with E-state index in [2.05, 4.69) is 4.90 Å². The quantitative estimate of drug-likeness (QED) is 0.754. The Bertz CT molecular complexity index is 574. The number of carbonyl (C=O) groups is 2. The Hall–Kier alpha value is -1.70. The fourth-order valence-electron chi connectivity index (χ4n) is 2.88. The maximum absolute atomic E-state index is 12.3. The third kappa shape index (κ3) is 4.66. The Labute approximate surface area is 146 Å². The zero-order valence-electron chi connectivity index (χ0n) is 13.7. The molecule has 0 spiro atoms. The van der Waals surface area contributed by atoms with Gasteiger partial charge in [0, 0.05) is 50.2 Å². The van der Waals surface area contributed by atoms with Crippen molar-refractivity contribution in [1.82, 2.24) is 14.7 Å². The molecule has 0 aliphatic carbocycles. The van der Waals surface area contributed by atoms with Crippen LogP contribution in [0.3, 0.4) is 0 Å². The normalized spacial score (nSPS) is 19.8. The van der Waals surface area contributed by atoms with Gasteiger partial charge in [-0.25, -0.2) is 0 Å². The molecule has 0 radical (unpaired) electrons. The third-order valence-electron chi connectivity index (χ3n) is 4.34. The fraction of sp³-hybridized carbons (Fsp3) is 0.529. The topological polar surface area (TPSA) is 53.1 Å². The van der Waals surface area contributed by atoms with Gasteiger partial charge in [0.1, 0.15) is 0 Å². The minimum atomic E-state index is 0.0440. The SMILES string of the molecule is O=C(C=Cc1cccs1)N1CCN(CC(=O)N2CCOCC2)CC1. The molecule has 7 heteroatoms. The minimum absolute atomic E-state index is 0.0440. The maximum atomic E-state index is 12.3. The van der Waals surface area contributed by atoms with Gasteiger partial charge in [-0.15, -0.1) is 11.3 Å². The van der Waals surface area contributed by atoms with Crippen molar-refractivity contribution in [3.63, 3.8) is 0 Å². The Balaban J connectivity index is 1.42. The van der Waals surface area contributed by atoms with Crippen LogP contribution in [0.5, 0.6) is 0 Å². The van der Waals surface area contributed by atoms with E-state index in [1.165, 1.54) is 0 Å². The summed E-state index contributed by atoms with van der Waals surface area (Å²) < 4.78 is 5.27. The molecule has 0 aromatic carbocycles. The largest absolute Gasteiger partial charge is 0.378 e. The average Bonchev–Trinajstić information content (AvgIpc) is 3.14. The predicted octanol–water partition coefficient (Wildman–Crippen LogP) is 0.764. The zero-order valence-corrected chi connectivity index (χ0v) is 14.5. The summed E-state index contributed by atoms with van der Waals surface area (Å²) in [4.78, 5) is 31.4. The number of carbonyl (C=O) groups excluding carboxylic acids is 2. The van der Waals surface area contributed by atoms with Crippen molar-refractivity contribution in [2.24, 2.45) is 0 Å². The van der Waals surface area contributed by atoms with Gasteiger partial charge >= 0.3 is 0 Å². The van der Waals surface area contributed by atoms with Gasteiger partial charge in [-0.3, -0.25) is 14.5 Å². The van der Waals surface area contributed by atoms with Gasteiger partial charge in [-0.2, -0.15) is 0 Å². The van der Waals surface area contributed by atoms with Crippen LogP contribution in [-0.2, 0) is 14.3 Å². The van der Waals surface area contributed by atoms with E-state index in [0.717, 1.165) is 18.0 Å². The van der Waals surface area contributed by atoms with Crippen LogP contribution in [0.25, 0.3) is 6.08 Å². The van der Waals surface area contributed by atoms with Crippen molar-refractivity contribution in [2.45, 2.75) is 0 Å². The monoisotopic (exact) mass is 349 g/mol. The van der Waals surface area contributed by atoms with Crippen LogP contribution in [0, 0.1) is 0 Å². The molecular weight excluding hydrogens is 326 g/mol. The zero-order chi connectivity index (χ0) is 16.8. The van der Waals surface area contributed by atoms with E-state index in [4.69, 9.17) is 4.74 Å². The van der Waals surface area contributed by atoms with Gasteiger partial charge in [-0.05, 0) is 17.5 Å². The summed E-state index contributed by atoms with van der Waals surface area (Å²) in [5.41, 5.74) is 0. The molecule has 1 aromatic rings. The molecule has 3 rings (SSSR count). The lowest BCUT2D eigenvalue weighted by molar-refractivity contribution is -0.137. The van der Waals surface area contributed by atoms with Gasteiger partial charge in [0.05, 0.1) is 19.8 Å². The Morgan fingerprint density at radius 3 is 2.50 bits per heavy atom. The van der Waals surface area contributed by atoms with Gasteiger partial charge in [0.15, 0.2) is 0 Å². The van der Waals surface area contributed by atoms with Gasteiger partial charge in [-0.1, -0.05) is 6.07 Å². The number of hydrogen-bond acceptors (Lipinski definition) is 5. The summed E-state index contributed by atoms with van der Waals surface area (Å²) in [6.45, 7) is 5.90. The van der Waals surface area contributed by atoms with Crippen molar-refractivity contribution < 1.29 is 14.3 Å². The van der Waals surface area contributed by atoms with Crippen molar-refractivity contribution >= 4 is 29.2 Å². The first-order valence-corrected chi connectivity index (χ1v) is 9.19. The number of amides is 2. The van der Waals surface area contributed by atoms with Gasteiger partial charge in [0.2, 0.25) is 11.8 Å². The maximum Gasteiger partial charge on any atom is 0.246 e. The number of nitrogens with zero attached hydrogens (tertiary/aromatic N) is 3. The lowest BCUT2D eigenvalue weighted by Gasteiger charge is -2.35. The summed E-state index contributed by atoms with van der Waals surface area (Å²) in [6, 6.07) is 3.96. The molecule has 0 bridgehead atoms. The lowest BCUT2D eigenvalue weighted by atomic mass is 10.2. The molecule has 2 saturated heterocycles. The third-order valence-corrected chi connectivity index (χ3v) is 5.18. The number of ether oxygens (including phenoxy) is 1. The average molecular weight is 349 g/mol. The Morgan fingerprint density at radius 2 is 1.83 bits per heavy atom. The van der Waals surface area contributed by atoms with E-state index in [9.17, 15) is 9.59 Å². The van der Waals surface area contributed by atoms with Crippen LogP contribution in [-0.4, -0.2) is 85.5 Å². The summed E-state index contributed by atoms with van der Waals surface area (Å²) in [5.74, 6) is 0.207. The van der Waals surface area contributed by atoms with Crippen LogP contribution in [0.2, 0.25) is 0 Å². The van der Waals surface area contributed by atoms with Crippen molar-refractivity contribution in [3.8, 4) is 0 Å². The molecule has 24 heavy (non-hydrogen) atoms. The van der Waals surface area contributed by atoms with Crippen LogP contribution >= 0.6 is 11.3 Å². The lowest BCUT2D eigenvalue weighted by Crippen LogP contribution is -2.52. The first-order valence-electron chi connectivity index (χ1n) is 8.31. The highest BCUT2D eigenvalue weighted by Crippen LogP contribution is 2.11. The van der Waals surface area contributed by atoms with Crippen molar-refractivity contribution in [1.29, 1.82) is 0 Å². The molecule has 2 aliphatic heterocycles. The van der Waals surface area contributed by atoms with E-state index in [-0.39, 0.29) is 11.8 Å². The second kappa shape index (κ2) is 8.41. The Morgan fingerprint density at radius 1 is 1.08 bits per heavy atom. The van der Waals surface area contributed by atoms with E-state index >= 15 is 0 Å². The molecule has 0 atom stereocenters. The van der Waals surface area contributed by atoms with Crippen molar-refractivity contribution in [3.05, 3.63) is 28.5 Å². The smallest absolute Gasteiger partial charge is 0.246 e. The molecular formula is C17H23N3O3S. The summed E-state index contributed by atoms with van der Waals surface area (Å²) in [6.07, 6.45) is 3.50. The van der Waals surface area contributed by atoms with Crippen molar-refractivity contribution in [2.75, 3.05) is 59.0 Å². The molecule has 2 amide bonds. The van der Waals surface area contributed by atoms with Gasteiger partial charge < -0.3 is 14.5 Å². The van der Waals surface area contributed by atoms with E-state index in [0.29, 0.717) is 45.9 Å². The van der Waals surface area contributed by atoms with Gasteiger partial charge in [0.25, 0.3) is 0 Å². The van der Waals surface area contributed by atoms with E-state index in [1.807, 2.05) is 33.4 Å². The molecule has 0 unspecified atom stereocenters. The molecule has 1 aromatic heterocycles. The minimum Gasteiger partial charge on any atom is -0.378 e. The van der Waals surface area contributed by atoms with E-state index in [1.54, 1.807) is 17.4 Å². The summed E-state index contributed by atoms with van der Waals surface area (Å²) in [7, 11) is 0. The number of thiophene rings is 1. The number of rotatable bonds is 4. The molecule has 2 aliphatic rings. The molecule has 0 N–H and O–H groups in total. The van der Waals surface area contributed by atoms with Crippen LogP contribution in [0.4, 0.5) is 0 Å². The predicted molar refractivity (Wildman–Crippen MR) is 93.8 cm³/mol. The molecule has 6 nitrogen and oxygen atoms in total. The molecule has 0 saturated carbocycles. The highest BCUT2D eigenvalue weighted by atomic mass is 32.1. The first kappa shape index (κ1) is 17.1. The second-order valence-electron chi connectivity index (χ2n) is 5.94. The molecule has 2 fully saturated rings. The highest BCUT2D eigenvalue weighted by molar-refractivity contribution is 7.10. The fourth-order valence-corrected chi connectivity index (χ4v) is 3.49. The second-order valence-corrected chi connectivity index (χ2v) is 6.92. The highest BCUT2D eigenvalue weighted by Gasteiger charge is 2.24.